The van der Waals surface area contributed by atoms with Crippen LogP contribution in [0.25, 0.3) is 27.7 Å². The highest BCUT2D eigenvalue weighted by Gasteiger charge is 2.17. The molecule has 0 aliphatic heterocycles. The molecule has 186 valence electrons. The van der Waals surface area contributed by atoms with Gasteiger partial charge in [0.25, 0.3) is 0 Å². The lowest BCUT2D eigenvalue weighted by atomic mass is 9.98. The number of allylic oxidation sites excluding steroid dienone is 1. The SMILES string of the molecule is CCCCc1ccc(NC(=O)/C=C(\C)c2cc3c(-c4ccccc4OC)coc3cc2OCC)cc1. The minimum atomic E-state index is -0.187. The van der Waals surface area contributed by atoms with Crippen molar-refractivity contribution in [2.24, 2.45) is 0 Å². The van der Waals surface area contributed by atoms with Crippen LogP contribution in [0.4, 0.5) is 5.69 Å². The number of hydrogen-bond donors (Lipinski definition) is 1. The van der Waals surface area contributed by atoms with Crippen molar-refractivity contribution in [2.45, 2.75) is 40.0 Å². The first-order chi connectivity index (χ1) is 17.5. The van der Waals surface area contributed by atoms with E-state index in [9.17, 15) is 4.79 Å². The Morgan fingerprint density at radius 2 is 1.78 bits per heavy atom. The van der Waals surface area contributed by atoms with Crippen LogP contribution in [0, 0.1) is 0 Å². The third-order valence-corrected chi connectivity index (χ3v) is 6.19. The number of hydrogen-bond acceptors (Lipinski definition) is 4. The molecule has 0 aliphatic rings. The second-order valence-electron chi connectivity index (χ2n) is 8.74. The molecule has 1 N–H and O–H groups in total. The summed E-state index contributed by atoms with van der Waals surface area (Å²) in [5.41, 5.74) is 6.27. The number of carbonyl (C=O) groups is 1. The van der Waals surface area contributed by atoms with E-state index in [1.807, 2.05) is 62.4 Å². The molecule has 36 heavy (non-hydrogen) atoms. The Kier molecular flexibility index (Phi) is 8.11. The number of para-hydroxylation sites is 1. The van der Waals surface area contributed by atoms with Gasteiger partial charge in [-0.2, -0.15) is 0 Å². The van der Waals surface area contributed by atoms with E-state index in [2.05, 4.69) is 24.4 Å². The molecule has 1 aromatic heterocycles. The van der Waals surface area contributed by atoms with Gasteiger partial charge in [-0.25, -0.2) is 0 Å². The van der Waals surface area contributed by atoms with E-state index in [0.29, 0.717) is 17.9 Å². The topological polar surface area (TPSA) is 60.7 Å². The zero-order valence-electron chi connectivity index (χ0n) is 21.4. The molecule has 0 atom stereocenters. The summed E-state index contributed by atoms with van der Waals surface area (Å²) >= 11 is 0. The Labute approximate surface area is 212 Å². The Morgan fingerprint density at radius 1 is 1.00 bits per heavy atom. The summed E-state index contributed by atoms with van der Waals surface area (Å²) in [6, 6.07) is 19.8. The molecule has 0 saturated heterocycles. The Hall–Kier alpha value is -3.99. The highest BCUT2D eigenvalue weighted by atomic mass is 16.5. The molecule has 0 saturated carbocycles. The van der Waals surface area contributed by atoms with Gasteiger partial charge < -0.3 is 19.2 Å². The van der Waals surface area contributed by atoms with Crippen LogP contribution in [0.2, 0.25) is 0 Å². The number of aryl methyl sites for hydroxylation is 1. The van der Waals surface area contributed by atoms with Crippen LogP contribution in [0.15, 0.2) is 77.4 Å². The van der Waals surface area contributed by atoms with Crippen LogP contribution < -0.4 is 14.8 Å². The molecule has 4 aromatic rings. The second-order valence-corrected chi connectivity index (χ2v) is 8.74. The zero-order valence-corrected chi connectivity index (χ0v) is 21.4. The molecule has 0 aliphatic carbocycles. The van der Waals surface area contributed by atoms with Gasteiger partial charge in [0, 0.05) is 39.9 Å². The lowest BCUT2D eigenvalue weighted by Crippen LogP contribution is -2.08. The maximum Gasteiger partial charge on any atom is 0.248 e. The van der Waals surface area contributed by atoms with Gasteiger partial charge in [0.05, 0.1) is 20.0 Å². The Bertz CT molecular complexity index is 1370. The molecule has 4 rings (SSSR count). The molecule has 0 spiro atoms. The molecular formula is C31H33NO4. The van der Waals surface area contributed by atoms with Gasteiger partial charge in [-0.1, -0.05) is 43.7 Å². The van der Waals surface area contributed by atoms with E-state index in [0.717, 1.165) is 58.3 Å². The number of rotatable bonds is 10. The van der Waals surface area contributed by atoms with E-state index in [-0.39, 0.29) is 5.91 Å². The van der Waals surface area contributed by atoms with Crippen molar-refractivity contribution >= 4 is 28.1 Å². The molecule has 5 nitrogen and oxygen atoms in total. The maximum atomic E-state index is 12.8. The van der Waals surface area contributed by atoms with Crippen LogP contribution in [0.3, 0.4) is 0 Å². The van der Waals surface area contributed by atoms with Crippen molar-refractivity contribution in [3.63, 3.8) is 0 Å². The van der Waals surface area contributed by atoms with E-state index < -0.39 is 0 Å². The van der Waals surface area contributed by atoms with Crippen molar-refractivity contribution in [3.8, 4) is 22.6 Å². The summed E-state index contributed by atoms with van der Waals surface area (Å²) in [6.45, 7) is 6.54. The molecule has 1 heterocycles. The van der Waals surface area contributed by atoms with E-state index in [1.54, 1.807) is 19.4 Å². The van der Waals surface area contributed by atoms with Crippen molar-refractivity contribution < 1.29 is 18.7 Å². The summed E-state index contributed by atoms with van der Waals surface area (Å²) in [5, 5.41) is 3.90. The minimum absolute atomic E-state index is 0.187. The Balaban J connectivity index is 1.65. The monoisotopic (exact) mass is 483 g/mol. The van der Waals surface area contributed by atoms with Crippen molar-refractivity contribution in [2.75, 3.05) is 19.0 Å². The number of nitrogens with one attached hydrogen (secondary N) is 1. The fourth-order valence-corrected chi connectivity index (χ4v) is 4.30. The zero-order chi connectivity index (χ0) is 25.5. The number of ether oxygens (including phenoxy) is 2. The molecule has 5 heteroatoms. The third-order valence-electron chi connectivity index (χ3n) is 6.19. The Morgan fingerprint density at radius 3 is 2.50 bits per heavy atom. The fraction of sp³-hybridized carbons (Fsp3) is 0.258. The summed E-state index contributed by atoms with van der Waals surface area (Å²) < 4.78 is 17.4. The van der Waals surface area contributed by atoms with Gasteiger partial charge >= 0.3 is 0 Å². The average Bonchev–Trinajstić information content (AvgIpc) is 3.30. The quantitative estimate of drug-likeness (QED) is 0.233. The number of anilines is 1. The van der Waals surface area contributed by atoms with Gasteiger partial charge in [0.2, 0.25) is 5.91 Å². The maximum absolute atomic E-state index is 12.8. The standard InChI is InChI=1S/C31H33NO4/c1-5-7-10-22-13-15-23(16-14-22)32-31(33)17-21(3)25-18-26-27(24-11-8-9-12-28(24)34-4)20-36-30(26)19-29(25)35-6-2/h8-9,11-20H,5-7,10H2,1-4H3,(H,32,33)/b21-17+. The highest BCUT2D eigenvalue weighted by molar-refractivity contribution is 6.05. The number of unbranched alkanes of at least 4 members (excludes halogenated alkanes) is 1. The summed E-state index contributed by atoms with van der Waals surface area (Å²) in [6.07, 6.45) is 6.72. The lowest BCUT2D eigenvalue weighted by Gasteiger charge is -2.12. The third kappa shape index (κ3) is 5.62. The molecule has 0 radical (unpaired) electrons. The average molecular weight is 484 g/mol. The normalized spacial score (nSPS) is 11.5. The highest BCUT2D eigenvalue weighted by Crippen LogP contribution is 2.40. The number of furan rings is 1. The first-order valence-electron chi connectivity index (χ1n) is 12.4. The molecular weight excluding hydrogens is 450 g/mol. The molecule has 0 unspecified atom stereocenters. The number of benzene rings is 3. The number of fused-ring (bicyclic) bond motifs is 1. The van der Waals surface area contributed by atoms with Crippen molar-refractivity contribution in [1.82, 2.24) is 0 Å². The van der Waals surface area contributed by atoms with Gasteiger partial charge in [0.1, 0.15) is 17.1 Å². The first-order valence-corrected chi connectivity index (χ1v) is 12.4. The van der Waals surface area contributed by atoms with Crippen molar-refractivity contribution in [3.05, 3.63) is 84.1 Å². The van der Waals surface area contributed by atoms with E-state index in [4.69, 9.17) is 13.9 Å². The van der Waals surface area contributed by atoms with Gasteiger partial charge in [-0.15, -0.1) is 0 Å². The fourth-order valence-electron chi connectivity index (χ4n) is 4.30. The summed E-state index contributed by atoms with van der Waals surface area (Å²) in [5.74, 6) is 1.25. The lowest BCUT2D eigenvalue weighted by molar-refractivity contribution is -0.111. The van der Waals surface area contributed by atoms with Crippen LogP contribution in [0.1, 0.15) is 44.7 Å². The number of carbonyl (C=O) groups excluding carboxylic acids is 1. The molecule has 0 fully saturated rings. The van der Waals surface area contributed by atoms with E-state index >= 15 is 0 Å². The smallest absolute Gasteiger partial charge is 0.248 e. The summed E-state index contributed by atoms with van der Waals surface area (Å²) in [4.78, 5) is 12.8. The molecule has 3 aromatic carbocycles. The first kappa shape index (κ1) is 25.1. The predicted octanol–water partition coefficient (Wildman–Crippen LogP) is 7.89. The van der Waals surface area contributed by atoms with Gasteiger partial charge in [-0.05, 0) is 62.1 Å². The van der Waals surface area contributed by atoms with Crippen LogP contribution in [-0.2, 0) is 11.2 Å². The largest absolute Gasteiger partial charge is 0.496 e. The van der Waals surface area contributed by atoms with Gasteiger partial charge in [0.15, 0.2) is 0 Å². The van der Waals surface area contributed by atoms with Crippen molar-refractivity contribution in [1.29, 1.82) is 0 Å². The number of amides is 1. The predicted molar refractivity (Wildman–Crippen MR) is 147 cm³/mol. The van der Waals surface area contributed by atoms with E-state index in [1.165, 1.54) is 5.56 Å². The van der Waals surface area contributed by atoms with Crippen LogP contribution in [-0.4, -0.2) is 19.6 Å². The minimum Gasteiger partial charge on any atom is -0.496 e. The number of methoxy groups -OCH3 is 1. The van der Waals surface area contributed by atoms with Crippen LogP contribution in [0.5, 0.6) is 11.5 Å². The summed E-state index contributed by atoms with van der Waals surface area (Å²) in [7, 11) is 1.66. The molecule has 1 amide bonds. The van der Waals surface area contributed by atoms with Crippen LogP contribution >= 0.6 is 0 Å². The second kappa shape index (κ2) is 11.6. The molecule has 0 bridgehead atoms. The van der Waals surface area contributed by atoms with Gasteiger partial charge in [-0.3, -0.25) is 4.79 Å².